The van der Waals surface area contributed by atoms with Crippen molar-refractivity contribution < 1.29 is 9.47 Å². The maximum atomic E-state index is 6.40. The molecule has 6 aliphatic rings. The Hall–Kier alpha value is -1.90. The van der Waals surface area contributed by atoms with E-state index in [1.54, 1.807) is 0 Å². The van der Waals surface area contributed by atoms with Crippen LogP contribution in [0.4, 0.5) is 0 Å². The molecule has 7 heteroatoms. The summed E-state index contributed by atoms with van der Waals surface area (Å²) >= 11 is 8.95. The van der Waals surface area contributed by atoms with Crippen molar-refractivity contribution >= 4 is 25.4 Å². The molecular formula is C33H41N3O2S2. The molecule has 0 bridgehead atoms. The minimum absolute atomic E-state index is 0.0231. The van der Waals surface area contributed by atoms with Gasteiger partial charge < -0.3 is 19.3 Å². The monoisotopic (exact) mass is 575 g/mol. The number of aryl methyl sites for hydroxylation is 1. The van der Waals surface area contributed by atoms with Gasteiger partial charge in [0.05, 0.1) is 16.9 Å². The van der Waals surface area contributed by atoms with Crippen LogP contribution in [-0.4, -0.2) is 60.5 Å². The van der Waals surface area contributed by atoms with Crippen LogP contribution in [0.15, 0.2) is 54.6 Å². The summed E-state index contributed by atoms with van der Waals surface area (Å²) in [6, 6.07) is 11.3. The number of ether oxygens (including phenoxy) is 2. The summed E-state index contributed by atoms with van der Waals surface area (Å²) in [7, 11) is 4.42. The molecule has 0 aromatic heterocycles. The summed E-state index contributed by atoms with van der Waals surface area (Å²) in [5.74, 6) is 2.22. The molecule has 4 aliphatic heterocycles. The average molecular weight is 576 g/mol. The first kappa shape index (κ1) is 27.0. The predicted octanol–water partition coefficient (Wildman–Crippen LogP) is 5.37. The molecule has 2 aromatic carbocycles. The second-order valence-electron chi connectivity index (χ2n) is 12.8. The minimum Gasteiger partial charge on any atom is -0.489 e. The Labute approximate surface area is 249 Å². The summed E-state index contributed by atoms with van der Waals surface area (Å²) < 4.78 is 15.9. The lowest BCUT2D eigenvalue weighted by atomic mass is 9.68. The van der Waals surface area contributed by atoms with Crippen LogP contribution in [-0.2, 0) is 23.9 Å². The summed E-state index contributed by atoms with van der Waals surface area (Å²) in [5.41, 5.74) is 7.11. The third kappa shape index (κ3) is 4.10. The summed E-state index contributed by atoms with van der Waals surface area (Å²) in [6.07, 6.45) is 14.0. The molecule has 2 aliphatic carbocycles. The SMILES string of the molecule is CN1CC[C@@]23C=CCC(NS)C2Oc2cccc(c23)C1.Cc1ccc2c3c1OC1CC(S)C=C[C@@]31CCN(C)C2. The van der Waals surface area contributed by atoms with Crippen molar-refractivity contribution in [3.05, 3.63) is 82.5 Å². The Balaban J connectivity index is 0.000000132. The van der Waals surface area contributed by atoms with E-state index in [1.807, 2.05) is 0 Å². The molecule has 2 aromatic rings. The minimum atomic E-state index is 0.0231. The van der Waals surface area contributed by atoms with Gasteiger partial charge in [0, 0.05) is 35.9 Å². The number of hydrogen-bond donors (Lipinski definition) is 3. The van der Waals surface area contributed by atoms with E-state index in [1.165, 1.54) is 27.8 Å². The van der Waals surface area contributed by atoms with Gasteiger partial charge in [0.1, 0.15) is 23.7 Å². The third-order valence-corrected chi connectivity index (χ3v) is 10.9. The highest BCUT2D eigenvalue weighted by Crippen LogP contribution is 2.54. The molecule has 0 amide bonds. The Kier molecular flexibility index (Phi) is 6.83. The van der Waals surface area contributed by atoms with Gasteiger partial charge in [0.25, 0.3) is 0 Å². The van der Waals surface area contributed by atoms with Crippen molar-refractivity contribution in [2.75, 3.05) is 27.2 Å². The first-order valence-electron chi connectivity index (χ1n) is 14.7. The summed E-state index contributed by atoms with van der Waals surface area (Å²) in [5, 5.41) is 0.324. The second kappa shape index (κ2) is 10.1. The topological polar surface area (TPSA) is 37.0 Å². The smallest absolute Gasteiger partial charge is 0.128 e. The Bertz CT molecular complexity index is 1380. The van der Waals surface area contributed by atoms with Crippen LogP contribution in [0.5, 0.6) is 11.5 Å². The standard InChI is InChI=1S/C17H21NOS.C16H20N2OS/c1-11-3-4-12-10-18(2)8-7-17-6-5-13(20)9-14(17)19-16(11)15(12)17;1-18-9-8-16-7-3-5-12(17-20)15(16)19-13-6-2-4-11(10-18)14(13)16/h3-6,13-14,20H,7-10H2,1-2H3;2-4,6-7,12,15,17,20H,5,8-10H2,1H3/t13?,14?,17-;12?,15?,16-/m01/s1. The lowest BCUT2D eigenvalue weighted by Crippen LogP contribution is -2.51. The highest BCUT2D eigenvalue weighted by atomic mass is 32.1. The molecule has 0 saturated heterocycles. The molecule has 5 nitrogen and oxygen atoms in total. The molecule has 0 saturated carbocycles. The third-order valence-electron chi connectivity index (χ3n) is 10.2. The molecular weight excluding hydrogens is 535 g/mol. The van der Waals surface area contributed by atoms with Gasteiger partial charge in [-0.1, -0.05) is 61.4 Å². The van der Waals surface area contributed by atoms with Crippen molar-refractivity contribution in [3.63, 3.8) is 0 Å². The molecule has 0 fully saturated rings. The number of nitrogens with one attached hydrogen (secondary N) is 1. The van der Waals surface area contributed by atoms with Gasteiger partial charge in [-0.2, -0.15) is 12.6 Å². The molecule has 1 N–H and O–H groups in total. The Morgan fingerprint density at radius 1 is 0.925 bits per heavy atom. The maximum absolute atomic E-state index is 6.40. The summed E-state index contributed by atoms with van der Waals surface area (Å²) in [4.78, 5) is 4.83. The second-order valence-corrected chi connectivity index (χ2v) is 13.7. The van der Waals surface area contributed by atoms with Gasteiger partial charge >= 0.3 is 0 Å². The zero-order valence-corrected chi connectivity index (χ0v) is 25.6. The van der Waals surface area contributed by atoms with Crippen LogP contribution in [0.3, 0.4) is 0 Å². The van der Waals surface area contributed by atoms with Crippen molar-refractivity contribution in [2.45, 2.75) is 80.0 Å². The van der Waals surface area contributed by atoms with Crippen molar-refractivity contribution in [1.29, 1.82) is 0 Å². The Morgan fingerprint density at radius 2 is 1.68 bits per heavy atom. The number of benzene rings is 2. The van der Waals surface area contributed by atoms with E-state index in [4.69, 9.17) is 9.47 Å². The van der Waals surface area contributed by atoms with E-state index in [0.717, 1.165) is 63.4 Å². The molecule has 4 unspecified atom stereocenters. The van der Waals surface area contributed by atoms with Gasteiger partial charge in [0.2, 0.25) is 0 Å². The first-order chi connectivity index (χ1) is 19.3. The zero-order chi connectivity index (χ0) is 27.6. The first-order valence-corrected chi connectivity index (χ1v) is 15.7. The van der Waals surface area contributed by atoms with Crippen LogP contribution in [0.1, 0.15) is 53.5 Å². The fraction of sp³-hybridized carbons (Fsp3) is 0.515. The quantitative estimate of drug-likeness (QED) is 0.315. The zero-order valence-electron chi connectivity index (χ0n) is 23.8. The number of rotatable bonds is 1. The lowest BCUT2D eigenvalue weighted by Gasteiger charge is -2.38. The number of hydrogen-bond acceptors (Lipinski definition) is 7. The predicted molar refractivity (Wildman–Crippen MR) is 168 cm³/mol. The van der Waals surface area contributed by atoms with Crippen molar-refractivity contribution in [3.8, 4) is 11.5 Å². The lowest BCUT2D eigenvalue weighted by molar-refractivity contribution is 0.119. The highest BCUT2D eigenvalue weighted by molar-refractivity contribution is 7.81. The van der Waals surface area contributed by atoms with E-state index in [9.17, 15) is 0 Å². The maximum Gasteiger partial charge on any atom is 0.128 e. The fourth-order valence-electron chi connectivity index (χ4n) is 8.18. The van der Waals surface area contributed by atoms with E-state index in [-0.39, 0.29) is 29.1 Å². The van der Waals surface area contributed by atoms with E-state index < -0.39 is 0 Å². The summed E-state index contributed by atoms with van der Waals surface area (Å²) in [6.45, 7) is 6.41. The average Bonchev–Trinajstić information content (AvgIpc) is 3.37. The molecule has 0 radical (unpaired) electrons. The van der Waals surface area contributed by atoms with Crippen LogP contribution in [0.25, 0.3) is 0 Å². The van der Waals surface area contributed by atoms with E-state index in [2.05, 4.69) is 116 Å². The molecule has 6 atom stereocenters. The van der Waals surface area contributed by atoms with Gasteiger partial charge in [0.15, 0.2) is 0 Å². The van der Waals surface area contributed by atoms with E-state index in [0.29, 0.717) is 5.25 Å². The normalized spacial score (nSPS) is 35.1. The largest absolute Gasteiger partial charge is 0.489 e. The van der Waals surface area contributed by atoms with E-state index >= 15 is 0 Å². The van der Waals surface area contributed by atoms with Crippen molar-refractivity contribution in [2.24, 2.45) is 0 Å². The molecule has 212 valence electrons. The Morgan fingerprint density at radius 3 is 2.45 bits per heavy atom. The number of nitrogens with zero attached hydrogens (tertiary/aromatic N) is 2. The fourth-order valence-corrected chi connectivity index (χ4v) is 8.70. The van der Waals surface area contributed by atoms with Crippen LogP contribution in [0.2, 0.25) is 0 Å². The molecule has 4 heterocycles. The van der Waals surface area contributed by atoms with Gasteiger partial charge in [-0.05, 0) is 76.1 Å². The number of thiol groups is 2. The highest BCUT2D eigenvalue weighted by Gasteiger charge is 2.54. The van der Waals surface area contributed by atoms with Crippen LogP contribution in [0, 0.1) is 6.92 Å². The molecule has 40 heavy (non-hydrogen) atoms. The molecule has 8 rings (SSSR count). The molecule has 2 spiro atoms. The van der Waals surface area contributed by atoms with Gasteiger partial charge in [-0.15, -0.1) is 0 Å². The van der Waals surface area contributed by atoms with Crippen molar-refractivity contribution in [1.82, 2.24) is 14.5 Å². The van der Waals surface area contributed by atoms with Gasteiger partial charge in [-0.3, -0.25) is 4.72 Å². The van der Waals surface area contributed by atoms with Gasteiger partial charge in [-0.25, -0.2) is 0 Å². The van der Waals surface area contributed by atoms with Crippen LogP contribution < -0.4 is 14.2 Å². The van der Waals surface area contributed by atoms with Crippen LogP contribution >= 0.6 is 25.4 Å².